The summed E-state index contributed by atoms with van der Waals surface area (Å²) in [5.74, 6) is 1.38. The first kappa shape index (κ1) is 15.4. The molecule has 0 spiro atoms. The van der Waals surface area contributed by atoms with E-state index in [0.29, 0.717) is 24.3 Å². The molecule has 0 bridgehead atoms. The van der Waals surface area contributed by atoms with E-state index in [9.17, 15) is 13.2 Å². The van der Waals surface area contributed by atoms with E-state index in [2.05, 4.69) is 6.92 Å². The number of hydrogen-bond donors (Lipinski definition) is 1. The Labute approximate surface area is 118 Å². The van der Waals surface area contributed by atoms with Crippen molar-refractivity contribution in [1.82, 2.24) is 0 Å². The zero-order valence-electron chi connectivity index (χ0n) is 11.8. The summed E-state index contributed by atoms with van der Waals surface area (Å²) in [6.45, 7) is 2.79. The van der Waals surface area contributed by atoms with Crippen molar-refractivity contribution in [3.63, 3.8) is 0 Å². The number of hydrogen-bond acceptors (Lipinski definition) is 1. The van der Waals surface area contributed by atoms with E-state index in [4.69, 9.17) is 5.73 Å². The molecule has 2 N–H and O–H groups in total. The summed E-state index contributed by atoms with van der Waals surface area (Å²) in [4.78, 5) is 0. The quantitative estimate of drug-likeness (QED) is 0.864. The van der Waals surface area contributed by atoms with Gasteiger partial charge in [0.25, 0.3) is 0 Å². The van der Waals surface area contributed by atoms with E-state index in [1.54, 1.807) is 12.1 Å². The number of alkyl halides is 3. The lowest BCUT2D eigenvalue weighted by Gasteiger charge is -2.35. The molecular formula is C16H22F3N. The van der Waals surface area contributed by atoms with Gasteiger partial charge in [0, 0.05) is 0 Å². The maximum absolute atomic E-state index is 12.6. The minimum Gasteiger partial charge on any atom is -0.330 e. The van der Waals surface area contributed by atoms with Crippen LogP contribution in [-0.4, -0.2) is 6.54 Å². The van der Waals surface area contributed by atoms with Gasteiger partial charge in [-0.05, 0) is 54.8 Å². The van der Waals surface area contributed by atoms with Crippen molar-refractivity contribution in [3.05, 3.63) is 35.4 Å². The second kappa shape index (κ2) is 6.17. The van der Waals surface area contributed by atoms with E-state index >= 15 is 0 Å². The smallest absolute Gasteiger partial charge is 0.330 e. The average Bonchev–Trinajstić information content (AvgIpc) is 2.45. The van der Waals surface area contributed by atoms with Crippen LogP contribution < -0.4 is 5.73 Å². The third-order valence-corrected chi connectivity index (χ3v) is 4.65. The molecule has 112 valence electrons. The molecule has 0 aromatic heterocycles. The molecular weight excluding hydrogens is 263 g/mol. The van der Waals surface area contributed by atoms with E-state index in [1.807, 2.05) is 0 Å². The molecule has 0 heterocycles. The van der Waals surface area contributed by atoms with Crippen LogP contribution in [0.15, 0.2) is 24.3 Å². The van der Waals surface area contributed by atoms with Crippen LogP contribution in [0.1, 0.15) is 49.7 Å². The third-order valence-electron chi connectivity index (χ3n) is 4.65. The van der Waals surface area contributed by atoms with Gasteiger partial charge in [0.15, 0.2) is 0 Å². The Kier molecular flexibility index (Phi) is 4.74. The second-order valence-electron chi connectivity index (χ2n) is 5.81. The summed E-state index contributed by atoms with van der Waals surface area (Å²) in [5.41, 5.74) is 6.27. The van der Waals surface area contributed by atoms with Gasteiger partial charge in [-0.2, -0.15) is 13.2 Å². The maximum Gasteiger partial charge on any atom is 0.416 e. The average molecular weight is 285 g/mol. The highest BCUT2D eigenvalue weighted by Crippen LogP contribution is 2.42. The van der Waals surface area contributed by atoms with Gasteiger partial charge in [-0.3, -0.25) is 0 Å². The van der Waals surface area contributed by atoms with Gasteiger partial charge >= 0.3 is 6.18 Å². The molecule has 1 fully saturated rings. The summed E-state index contributed by atoms with van der Waals surface area (Å²) >= 11 is 0. The molecule has 2 rings (SSSR count). The fourth-order valence-corrected chi connectivity index (χ4v) is 3.30. The minimum absolute atomic E-state index is 0.306. The van der Waals surface area contributed by atoms with E-state index < -0.39 is 11.7 Å². The van der Waals surface area contributed by atoms with Crippen LogP contribution >= 0.6 is 0 Å². The third kappa shape index (κ3) is 3.35. The van der Waals surface area contributed by atoms with Crippen LogP contribution in [0, 0.1) is 11.8 Å². The molecule has 1 aliphatic carbocycles. The van der Waals surface area contributed by atoms with Crippen molar-refractivity contribution < 1.29 is 13.2 Å². The summed E-state index contributed by atoms with van der Waals surface area (Å²) in [6.07, 6.45) is 0.193. The Morgan fingerprint density at radius 3 is 2.30 bits per heavy atom. The van der Waals surface area contributed by atoms with Crippen LogP contribution in [0.3, 0.4) is 0 Å². The highest BCUT2D eigenvalue weighted by molar-refractivity contribution is 5.28. The van der Waals surface area contributed by atoms with Gasteiger partial charge in [0.05, 0.1) is 5.56 Å². The van der Waals surface area contributed by atoms with Crippen LogP contribution in [-0.2, 0) is 6.18 Å². The lowest BCUT2D eigenvalue weighted by molar-refractivity contribution is -0.137. The Morgan fingerprint density at radius 2 is 1.80 bits per heavy atom. The standard InChI is InChI=1S/C16H22F3N/c1-2-11-3-4-13(10-20)15(9-11)12-5-7-14(8-6-12)16(17,18)19/h5-8,11,13,15H,2-4,9-10,20H2,1H3. The Morgan fingerprint density at radius 1 is 1.15 bits per heavy atom. The van der Waals surface area contributed by atoms with Gasteiger partial charge < -0.3 is 5.73 Å². The van der Waals surface area contributed by atoms with Crippen molar-refractivity contribution >= 4 is 0 Å². The van der Waals surface area contributed by atoms with E-state index in [-0.39, 0.29) is 0 Å². The first-order valence-corrected chi connectivity index (χ1v) is 7.33. The lowest BCUT2D eigenvalue weighted by atomic mass is 9.70. The molecule has 20 heavy (non-hydrogen) atoms. The fourth-order valence-electron chi connectivity index (χ4n) is 3.30. The summed E-state index contributed by atoms with van der Waals surface area (Å²) in [5, 5.41) is 0. The molecule has 0 radical (unpaired) electrons. The van der Waals surface area contributed by atoms with E-state index in [0.717, 1.165) is 24.8 Å². The van der Waals surface area contributed by atoms with Crippen LogP contribution in [0.5, 0.6) is 0 Å². The SMILES string of the molecule is CCC1CCC(CN)C(c2ccc(C(F)(F)F)cc2)C1. The van der Waals surface area contributed by atoms with Gasteiger partial charge in [0.2, 0.25) is 0 Å². The highest BCUT2D eigenvalue weighted by atomic mass is 19.4. The zero-order valence-corrected chi connectivity index (χ0v) is 11.8. The highest BCUT2D eigenvalue weighted by Gasteiger charge is 2.32. The second-order valence-corrected chi connectivity index (χ2v) is 5.81. The Hall–Kier alpha value is -1.03. The number of rotatable bonds is 3. The largest absolute Gasteiger partial charge is 0.416 e. The van der Waals surface area contributed by atoms with Gasteiger partial charge in [-0.15, -0.1) is 0 Å². The molecule has 3 atom stereocenters. The van der Waals surface area contributed by atoms with Crippen LogP contribution in [0.2, 0.25) is 0 Å². The summed E-state index contributed by atoms with van der Waals surface area (Å²) in [7, 11) is 0. The fraction of sp³-hybridized carbons (Fsp3) is 0.625. The molecule has 1 aromatic carbocycles. The maximum atomic E-state index is 12.6. The van der Waals surface area contributed by atoms with Gasteiger partial charge in [-0.1, -0.05) is 31.9 Å². The molecule has 1 saturated carbocycles. The molecule has 1 nitrogen and oxygen atoms in total. The number of nitrogens with two attached hydrogens (primary N) is 1. The topological polar surface area (TPSA) is 26.0 Å². The Bertz CT molecular complexity index is 424. The molecule has 0 saturated heterocycles. The van der Waals surface area contributed by atoms with Crippen molar-refractivity contribution in [2.75, 3.05) is 6.54 Å². The Balaban J connectivity index is 2.19. The monoisotopic (exact) mass is 285 g/mol. The molecule has 1 aliphatic rings. The molecule has 1 aromatic rings. The molecule has 4 heteroatoms. The normalized spacial score (nSPS) is 27.6. The molecule has 0 amide bonds. The predicted molar refractivity (Wildman–Crippen MR) is 74.4 cm³/mol. The first-order chi connectivity index (χ1) is 9.45. The summed E-state index contributed by atoms with van der Waals surface area (Å²) < 4.78 is 37.8. The summed E-state index contributed by atoms with van der Waals surface area (Å²) in [6, 6.07) is 5.65. The van der Waals surface area contributed by atoms with Crippen molar-refractivity contribution in [3.8, 4) is 0 Å². The first-order valence-electron chi connectivity index (χ1n) is 7.33. The number of benzene rings is 1. The van der Waals surface area contributed by atoms with E-state index in [1.165, 1.54) is 18.6 Å². The van der Waals surface area contributed by atoms with Crippen LogP contribution in [0.4, 0.5) is 13.2 Å². The van der Waals surface area contributed by atoms with Crippen molar-refractivity contribution in [2.24, 2.45) is 17.6 Å². The predicted octanol–water partition coefficient (Wildman–Crippen LogP) is 4.57. The van der Waals surface area contributed by atoms with Gasteiger partial charge in [-0.25, -0.2) is 0 Å². The number of halogens is 3. The minimum atomic E-state index is -4.26. The molecule has 0 aliphatic heterocycles. The van der Waals surface area contributed by atoms with Gasteiger partial charge in [0.1, 0.15) is 0 Å². The zero-order chi connectivity index (χ0) is 14.8. The van der Waals surface area contributed by atoms with Crippen LogP contribution in [0.25, 0.3) is 0 Å². The van der Waals surface area contributed by atoms with Crippen molar-refractivity contribution in [2.45, 2.75) is 44.7 Å². The van der Waals surface area contributed by atoms with Crippen molar-refractivity contribution in [1.29, 1.82) is 0 Å². The molecule has 3 unspecified atom stereocenters. The lowest BCUT2D eigenvalue weighted by Crippen LogP contribution is -2.28.